The second kappa shape index (κ2) is 5.65. The van der Waals surface area contributed by atoms with Gasteiger partial charge in [0.25, 0.3) is 0 Å². The van der Waals surface area contributed by atoms with Gasteiger partial charge in [0, 0.05) is 10.2 Å². The van der Waals surface area contributed by atoms with Gasteiger partial charge in [-0.2, -0.15) is 5.10 Å². The molecule has 4 bridgehead atoms. The zero-order chi connectivity index (χ0) is 17.9. The van der Waals surface area contributed by atoms with Crippen molar-refractivity contribution in [1.29, 1.82) is 0 Å². The number of rotatable bonds is 3. The van der Waals surface area contributed by atoms with Crippen molar-refractivity contribution >= 4 is 27.5 Å². The Kier molecular flexibility index (Phi) is 3.58. The summed E-state index contributed by atoms with van der Waals surface area (Å²) >= 11 is 3.49. The van der Waals surface area contributed by atoms with E-state index in [-0.39, 0.29) is 16.9 Å². The Bertz CT molecular complexity index is 849. The van der Waals surface area contributed by atoms with Crippen molar-refractivity contribution in [1.82, 2.24) is 14.8 Å². The van der Waals surface area contributed by atoms with E-state index in [1.807, 2.05) is 31.5 Å². The van der Waals surface area contributed by atoms with Crippen molar-refractivity contribution in [2.75, 3.05) is 5.32 Å². The molecule has 0 saturated heterocycles. The van der Waals surface area contributed by atoms with Gasteiger partial charge >= 0.3 is 0 Å². The largest absolute Gasteiger partial charge is 0.325 e. The van der Waals surface area contributed by atoms with Crippen LogP contribution in [0, 0.1) is 24.2 Å². The van der Waals surface area contributed by atoms with Crippen molar-refractivity contribution in [2.24, 2.45) is 17.3 Å². The summed E-state index contributed by atoms with van der Waals surface area (Å²) in [5.41, 5.74) is 1.72. The molecule has 2 aromatic rings. The van der Waals surface area contributed by atoms with E-state index in [1.165, 1.54) is 6.42 Å². The Hall–Kier alpha value is -1.69. The Labute approximate surface area is 161 Å². The van der Waals surface area contributed by atoms with Crippen molar-refractivity contribution in [3.05, 3.63) is 40.9 Å². The molecule has 2 unspecified atom stereocenters. The summed E-state index contributed by atoms with van der Waals surface area (Å²) in [6, 6.07) is 6.02. The normalized spacial score (nSPS) is 34.8. The fourth-order valence-electron chi connectivity index (χ4n) is 6.22. The molecule has 4 aliphatic carbocycles. The second-order valence-corrected chi connectivity index (χ2v) is 9.63. The fourth-order valence-corrected chi connectivity index (χ4v) is 6.70. The van der Waals surface area contributed by atoms with E-state index in [0.29, 0.717) is 11.8 Å². The maximum Gasteiger partial charge on any atom is 0.230 e. The fraction of sp³-hybridized carbons (Fsp3) is 0.550. The van der Waals surface area contributed by atoms with E-state index in [1.54, 1.807) is 6.33 Å². The lowest BCUT2D eigenvalue weighted by Gasteiger charge is -2.60. The minimum atomic E-state index is -0.268. The number of hydrogen-bond donors (Lipinski definition) is 1. The smallest absolute Gasteiger partial charge is 0.230 e. The molecular weight excluding hydrogens is 392 g/mol. The Morgan fingerprint density at radius 1 is 1.27 bits per heavy atom. The topological polar surface area (TPSA) is 59.8 Å². The Morgan fingerprint density at radius 2 is 2.04 bits per heavy atom. The van der Waals surface area contributed by atoms with Gasteiger partial charge in [-0.3, -0.25) is 4.79 Å². The third kappa shape index (κ3) is 2.45. The third-order valence-electron chi connectivity index (χ3n) is 6.85. The average Bonchev–Trinajstić information content (AvgIpc) is 3.11. The summed E-state index contributed by atoms with van der Waals surface area (Å²) < 4.78 is 3.09. The first-order valence-electron chi connectivity index (χ1n) is 9.41. The molecule has 136 valence electrons. The minimum absolute atomic E-state index is 0.0211. The molecule has 0 radical (unpaired) electrons. The monoisotopic (exact) mass is 414 g/mol. The standard InChI is InChI=1S/C20H23BrN4O/c1-13-4-16(21)2-3-17(13)24-18(26)19-6-14-5-15(7-19)9-20(8-14,10-19)25-12-22-11-23-25/h2-4,11-12,14-15H,5-10H2,1H3,(H,24,26)/t14-,15+,19?,20?. The summed E-state index contributed by atoms with van der Waals surface area (Å²) in [7, 11) is 0. The molecule has 0 aliphatic heterocycles. The SMILES string of the molecule is Cc1cc(Br)ccc1NC(=O)C12C[C@H]3C[C@@H](C1)CC(n1cncn1)(C3)C2. The molecular formula is C20H23BrN4O. The van der Waals surface area contributed by atoms with Crippen molar-refractivity contribution < 1.29 is 4.79 Å². The van der Waals surface area contributed by atoms with Gasteiger partial charge in [-0.25, -0.2) is 9.67 Å². The molecule has 6 rings (SSSR count). The van der Waals surface area contributed by atoms with Crippen LogP contribution in [0.2, 0.25) is 0 Å². The predicted molar refractivity (Wildman–Crippen MR) is 103 cm³/mol. The van der Waals surface area contributed by atoms with Gasteiger partial charge in [-0.05, 0) is 81.0 Å². The lowest BCUT2D eigenvalue weighted by atomic mass is 9.46. The number of hydrogen-bond acceptors (Lipinski definition) is 3. The van der Waals surface area contributed by atoms with Crippen LogP contribution in [0.15, 0.2) is 35.3 Å². The molecule has 1 heterocycles. The van der Waals surface area contributed by atoms with E-state index in [0.717, 1.165) is 47.8 Å². The summed E-state index contributed by atoms with van der Waals surface area (Å²) in [6.07, 6.45) is 9.93. The third-order valence-corrected chi connectivity index (χ3v) is 7.35. The number of amides is 1. The maximum absolute atomic E-state index is 13.4. The highest BCUT2D eigenvalue weighted by molar-refractivity contribution is 9.10. The van der Waals surface area contributed by atoms with Gasteiger partial charge in [0.1, 0.15) is 12.7 Å². The molecule has 1 amide bonds. The highest BCUT2D eigenvalue weighted by Crippen LogP contribution is 2.64. The first-order valence-corrected chi connectivity index (χ1v) is 10.2. The molecule has 6 heteroatoms. The predicted octanol–water partition coefficient (Wildman–Crippen LogP) is 4.28. The van der Waals surface area contributed by atoms with Gasteiger partial charge in [-0.1, -0.05) is 15.9 Å². The van der Waals surface area contributed by atoms with Crippen LogP contribution < -0.4 is 5.32 Å². The van der Waals surface area contributed by atoms with Crippen molar-refractivity contribution in [3.63, 3.8) is 0 Å². The van der Waals surface area contributed by atoms with Crippen LogP contribution in [0.1, 0.15) is 44.1 Å². The number of aromatic nitrogens is 3. The highest BCUT2D eigenvalue weighted by atomic mass is 79.9. The maximum atomic E-state index is 13.4. The van der Waals surface area contributed by atoms with Crippen LogP contribution in [0.5, 0.6) is 0 Å². The zero-order valence-corrected chi connectivity index (χ0v) is 16.5. The van der Waals surface area contributed by atoms with Crippen molar-refractivity contribution in [3.8, 4) is 0 Å². The van der Waals surface area contributed by atoms with Gasteiger partial charge in [0.15, 0.2) is 0 Å². The molecule has 0 spiro atoms. The van der Waals surface area contributed by atoms with E-state index in [9.17, 15) is 4.79 Å². The van der Waals surface area contributed by atoms with Gasteiger partial charge in [0.2, 0.25) is 5.91 Å². The lowest BCUT2D eigenvalue weighted by Crippen LogP contribution is -2.60. The second-order valence-electron chi connectivity index (χ2n) is 8.72. The number of halogens is 1. The number of benzene rings is 1. The number of aryl methyl sites for hydroxylation is 1. The summed E-state index contributed by atoms with van der Waals surface area (Å²) in [5, 5.41) is 7.73. The van der Waals surface area contributed by atoms with Crippen LogP contribution in [-0.4, -0.2) is 20.7 Å². The van der Waals surface area contributed by atoms with Crippen molar-refractivity contribution in [2.45, 2.75) is 51.0 Å². The molecule has 4 atom stereocenters. The average molecular weight is 415 g/mol. The van der Waals surface area contributed by atoms with Crippen LogP contribution in [0.25, 0.3) is 0 Å². The van der Waals surface area contributed by atoms with Gasteiger partial charge in [0.05, 0.1) is 11.0 Å². The molecule has 4 saturated carbocycles. The number of carbonyl (C=O) groups excluding carboxylic acids is 1. The number of nitrogens with zero attached hydrogens (tertiary/aromatic N) is 3. The lowest BCUT2D eigenvalue weighted by molar-refractivity contribution is -0.150. The molecule has 4 aliphatic rings. The van der Waals surface area contributed by atoms with Crippen LogP contribution in [0.4, 0.5) is 5.69 Å². The van der Waals surface area contributed by atoms with Crippen LogP contribution in [-0.2, 0) is 10.3 Å². The van der Waals surface area contributed by atoms with Crippen LogP contribution >= 0.6 is 15.9 Å². The molecule has 1 N–H and O–H groups in total. The number of carbonyl (C=O) groups is 1. The molecule has 5 nitrogen and oxygen atoms in total. The van der Waals surface area contributed by atoms with E-state index >= 15 is 0 Å². The summed E-state index contributed by atoms with van der Waals surface area (Å²) in [6.45, 7) is 2.04. The van der Waals surface area contributed by atoms with E-state index in [4.69, 9.17) is 0 Å². The Balaban J connectivity index is 1.47. The molecule has 1 aromatic carbocycles. The Morgan fingerprint density at radius 3 is 2.69 bits per heavy atom. The highest BCUT2D eigenvalue weighted by Gasteiger charge is 2.61. The quantitative estimate of drug-likeness (QED) is 0.814. The van der Waals surface area contributed by atoms with E-state index in [2.05, 4.69) is 36.0 Å². The van der Waals surface area contributed by atoms with Crippen LogP contribution in [0.3, 0.4) is 0 Å². The molecule has 4 fully saturated rings. The summed E-state index contributed by atoms with van der Waals surface area (Å²) in [5.74, 6) is 1.44. The number of anilines is 1. The zero-order valence-electron chi connectivity index (χ0n) is 14.9. The van der Waals surface area contributed by atoms with E-state index < -0.39 is 0 Å². The first kappa shape index (κ1) is 16.5. The number of nitrogens with one attached hydrogen (secondary N) is 1. The van der Waals surface area contributed by atoms with Gasteiger partial charge < -0.3 is 5.32 Å². The summed E-state index contributed by atoms with van der Waals surface area (Å²) in [4.78, 5) is 17.6. The minimum Gasteiger partial charge on any atom is -0.325 e. The molecule has 1 aromatic heterocycles. The first-order chi connectivity index (χ1) is 12.5. The molecule has 26 heavy (non-hydrogen) atoms. The van der Waals surface area contributed by atoms with Gasteiger partial charge in [-0.15, -0.1) is 0 Å².